The van der Waals surface area contributed by atoms with Gasteiger partial charge in [-0.05, 0) is 144 Å². The summed E-state index contributed by atoms with van der Waals surface area (Å²) in [6.07, 6.45) is -2.64. The van der Waals surface area contributed by atoms with E-state index in [0.717, 1.165) is 11.1 Å². The van der Waals surface area contributed by atoms with Gasteiger partial charge in [0, 0.05) is 61.2 Å². The minimum atomic E-state index is -1.35. The van der Waals surface area contributed by atoms with Crippen LogP contribution >= 0.6 is 35.6 Å². The van der Waals surface area contributed by atoms with Gasteiger partial charge < -0.3 is 59.6 Å². The molecule has 5 N–H and O–H groups in total. The number of esters is 2. The third kappa shape index (κ3) is 25.5. The highest BCUT2D eigenvalue weighted by atomic mass is 35.5. The lowest BCUT2D eigenvalue weighted by Crippen LogP contribution is -2.42. The minimum absolute atomic E-state index is 0. The monoisotopic (exact) mass is 1120 g/mol. The van der Waals surface area contributed by atoms with Crippen LogP contribution in [-0.2, 0) is 50.9 Å². The molecule has 0 aliphatic carbocycles. The summed E-state index contributed by atoms with van der Waals surface area (Å²) in [4.78, 5) is 73.2. The lowest BCUT2D eigenvalue weighted by Gasteiger charge is -2.26. The molecule has 21 heteroatoms. The summed E-state index contributed by atoms with van der Waals surface area (Å²) in [5.41, 5.74) is 5.83. The van der Waals surface area contributed by atoms with E-state index in [1.54, 1.807) is 108 Å². The zero-order chi connectivity index (χ0) is 54.1. The van der Waals surface area contributed by atoms with Gasteiger partial charge >= 0.3 is 24.2 Å². The first-order valence-electron chi connectivity index (χ1n) is 23.7. The van der Waals surface area contributed by atoms with Crippen molar-refractivity contribution in [1.82, 2.24) is 16.0 Å². The third-order valence-corrected chi connectivity index (χ3v) is 10.9. The average Bonchev–Trinajstić information content (AvgIpc) is 3.34. The highest BCUT2D eigenvalue weighted by molar-refractivity contribution is 6.31. The van der Waals surface area contributed by atoms with Gasteiger partial charge in [-0.2, -0.15) is 0 Å². The Morgan fingerprint density at radius 1 is 0.539 bits per heavy atom. The van der Waals surface area contributed by atoms with Gasteiger partial charge in [-0.25, -0.2) is 19.2 Å². The van der Waals surface area contributed by atoms with Gasteiger partial charge in [0.25, 0.3) is 11.8 Å². The summed E-state index contributed by atoms with van der Waals surface area (Å²) in [6.45, 7) is 14.3. The average molecular weight is 1120 g/mol. The number of likely N-dealkylation sites (N-methyl/N-ethyl adjacent to an activating group) is 1. The van der Waals surface area contributed by atoms with E-state index in [1.165, 1.54) is 13.8 Å². The Morgan fingerprint density at radius 3 is 1.20 bits per heavy atom. The Hall–Kier alpha value is -6.31. The number of halogens is 3. The summed E-state index contributed by atoms with van der Waals surface area (Å²) >= 11 is 11.7. The van der Waals surface area contributed by atoms with Crippen LogP contribution in [0.4, 0.5) is 9.59 Å². The molecule has 0 saturated heterocycles. The van der Waals surface area contributed by atoms with E-state index in [0.29, 0.717) is 78.0 Å². The van der Waals surface area contributed by atoms with Crippen LogP contribution in [0.5, 0.6) is 11.5 Å². The maximum atomic E-state index is 12.6. The van der Waals surface area contributed by atoms with Crippen LogP contribution < -0.4 is 31.2 Å². The van der Waals surface area contributed by atoms with Gasteiger partial charge in [-0.3, -0.25) is 9.59 Å². The fraction of sp³-hybridized carbons (Fsp3) is 0.455. The van der Waals surface area contributed by atoms with Crippen LogP contribution in [0.3, 0.4) is 0 Å². The van der Waals surface area contributed by atoms with Crippen molar-refractivity contribution in [2.24, 2.45) is 5.73 Å². The predicted molar refractivity (Wildman–Crippen MR) is 295 cm³/mol. The number of ether oxygens (including phenoxy) is 8. The molecule has 76 heavy (non-hydrogen) atoms. The molecular weight excluding hydrogens is 1050 g/mol. The fourth-order valence-electron chi connectivity index (χ4n) is 6.20. The third-order valence-electron chi connectivity index (χ3n) is 10.4. The van der Waals surface area contributed by atoms with Crippen molar-refractivity contribution in [1.29, 1.82) is 0 Å². The molecule has 0 saturated carbocycles. The maximum absolute atomic E-state index is 12.6. The fourth-order valence-corrected chi connectivity index (χ4v) is 6.45. The molecule has 422 valence electrons. The highest BCUT2D eigenvalue weighted by Gasteiger charge is 2.35. The number of amides is 2. The Bertz CT molecular complexity index is 2370. The molecule has 4 aromatic carbocycles. The number of carbonyl (C=O) groups excluding carboxylic acids is 6. The quantitative estimate of drug-likeness (QED) is 0.0274. The molecule has 4 unspecified atom stereocenters. The standard InChI is InChI=1S/C27H35ClN2O7.C26H33ClN2O7.2CH4.ClH/c1-6-22(17-29-5)36-26(33)35-18(2)34-25(32)27(3,4)37-23-13-7-19(8-14-23)15-16-30-24(31)20-9-11-21(28)12-10-20;1-5-21(16-28)35-25(32)34-17(2)33-24(31)26(3,4)36-22-12-6-18(7-13-22)14-15-29-23(30)19-8-10-20(27)11-9-19;;;/h7-14,18,22,29H,6,15-17H2,1-5H3,(H,30,31);6-13,17,21H,5,14-16,28H2,1-4H3,(H,29,30);2*1H4;1H. The Labute approximate surface area is 464 Å². The number of nitrogens with one attached hydrogen (secondary N) is 3. The Kier molecular flexibility index (Phi) is 32.2. The number of hydrogen-bond acceptors (Lipinski definition) is 16. The van der Waals surface area contributed by atoms with E-state index in [-0.39, 0.29) is 51.7 Å². The first kappa shape index (κ1) is 69.7. The van der Waals surface area contributed by atoms with Gasteiger partial charge in [0.05, 0.1) is 0 Å². The normalized spacial score (nSPS) is 12.2. The minimum Gasteiger partial charge on any atom is -0.476 e. The summed E-state index contributed by atoms with van der Waals surface area (Å²) in [5.74, 6) is -0.865. The Morgan fingerprint density at radius 2 is 0.882 bits per heavy atom. The smallest absolute Gasteiger partial charge is 0.476 e. The second kappa shape index (κ2) is 35.1. The van der Waals surface area contributed by atoms with Crippen molar-refractivity contribution in [3.8, 4) is 11.5 Å². The summed E-state index contributed by atoms with van der Waals surface area (Å²) < 4.78 is 42.2. The molecule has 0 spiro atoms. The van der Waals surface area contributed by atoms with E-state index >= 15 is 0 Å². The molecule has 18 nitrogen and oxygen atoms in total. The van der Waals surface area contributed by atoms with Crippen molar-refractivity contribution < 1.29 is 66.7 Å². The van der Waals surface area contributed by atoms with Gasteiger partial charge in [0.2, 0.25) is 12.6 Å². The summed E-state index contributed by atoms with van der Waals surface area (Å²) in [5, 5.41) is 9.79. The molecule has 0 aliphatic heterocycles. The molecule has 0 fully saturated rings. The van der Waals surface area contributed by atoms with E-state index in [1.807, 2.05) is 38.1 Å². The molecule has 4 rings (SSSR count). The number of carbonyl (C=O) groups is 6. The lowest BCUT2D eigenvalue weighted by molar-refractivity contribution is -0.184. The largest absolute Gasteiger partial charge is 0.511 e. The van der Waals surface area contributed by atoms with E-state index in [2.05, 4.69) is 16.0 Å². The van der Waals surface area contributed by atoms with Gasteiger partial charge in [0.15, 0.2) is 11.2 Å². The van der Waals surface area contributed by atoms with Crippen LogP contribution in [0, 0.1) is 0 Å². The lowest BCUT2D eigenvalue weighted by atomic mass is 10.1. The van der Waals surface area contributed by atoms with Gasteiger partial charge in [-0.1, -0.05) is 76.2 Å². The first-order valence-corrected chi connectivity index (χ1v) is 24.5. The first-order chi connectivity index (χ1) is 34.6. The van der Waals surface area contributed by atoms with Crippen LogP contribution in [0.25, 0.3) is 0 Å². The van der Waals surface area contributed by atoms with Crippen molar-refractivity contribution in [2.45, 2.75) is 132 Å². The molecule has 4 aromatic rings. The number of hydrogen-bond donors (Lipinski definition) is 4. The SMILES string of the molecule is C.C.CCC(CN)OC(=O)OC(C)OC(=O)C(C)(C)Oc1ccc(CCNC(=O)c2ccc(Cl)cc2)cc1.CCC(CNC)OC(=O)OC(C)OC(=O)C(C)(C)Oc1ccc(CCNC(=O)c2ccc(Cl)cc2)cc1.Cl. The highest BCUT2D eigenvalue weighted by Crippen LogP contribution is 2.23. The molecule has 0 bridgehead atoms. The zero-order valence-electron chi connectivity index (χ0n) is 43.2. The van der Waals surface area contributed by atoms with Crippen LogP contribution in [-0.4, -0.2) is 105 Å². The van der Waals surface area contributed by atoms with Crippen molar-refractivity contribution in [3.63, 3.8) is 0 Å². The van der Waals surface area contributed by atoms with E-state index < -0.39 is 54.1 Å². The molecule has 2 amide bonds. The molecule has 4 atom stereocenters. The Balaban J connectivity index is 0.00000142. The van der Waals surface area contributed by atoms with Crippen molar-refractivity contribution >= 4 is 71.7 Å². The van der Waals surface area contributed by atoms with Gasteiger partial charge in [0.1, 0.15) is 23.7 Å². The van der Waals surface area contributed by atoms with Crippen molar-refractivity contribution in [2.75, 3.05) is 33.2 Å². The predicted octanol–water partition coefficient (Wildman–Crippen LogP) is 10.5. The molecule has 0 heterocycles. The summed E-state index contributed by atoms with van der Waals surface area (Å²) in [6, 6.07) is 27.6. The van der Waals surface area contributed by atoms with Crippen LogP contribution in [0.15, 0.2) is 97.1 Å². The second-order valence-corrected chi connectivity index (χ2v) is 18.2. The molecule has 0 radical (unpaired) electrons. The number of nitrogens with two attached hydrogens (primary N) is 1. The number of rotatable bonds is 25. The van der Waals surface area contributed by atoms with Crippen LogP contribution in [0.2, 0.25) is 10.0 Å². The van der Waals surface area contributed by atoms with Crippen LogP contribution in [0.1, 0.15) is 115 Å². The summed E-state index contributed by atoms with van der Waals surface area (Å²) in [7, 11) is 1.75. The molecule has 0 aliphatic rings. The van der Waals surface area contributed by atoms with Gasteiger partial charge in [-0.15, -0.1) is 12.4 Å². The maximum Gasteiger partial charge on any atom is 0.511 e. The van der Waals surface area contributed by atoms with Crippen molar-refractivity contribution in [3.05, 3.63) is 129 Å². The van der Waals surface area contributed by atoms with E-state index in [4.69, 9.17) is 66.8 Å². The molecular formula is C55H77Cl3N4O14. The molecule has 0 aromatic heterocycles. The number of benzene rings is 4. The van der Waals surface area contributed by atoms with E-state index in [9.17, 15) is 28.8 Å². The zero-order valence-corrected chi connectivity index (χ0v) is 45.5. The topological polar surface area (TPSA) is 238 Å². The second-order valence-electron chi connectivity index (χ2n) is 17.3.